The second-order valence-electron chi connectivity index (χ2n) is 6.69. The van der Waals surface area contributed by atoms with E-state index in [4.69, 9.17) is 0 Å². The first-order chi connectivity index (χ1) is 13.9. The van der Waals surface area contributed by atoms with Crippen LogP contribution in [0.3, 0.4) is 0 Å². The van der Waals surface area contributed by atoms with E-state index < -0.39 is 0 Å². The highest BCUT2D eigenvalue weighted by Gasteiger charge is 2.18. The van der Waals surface area contributed by atoms with Gasteiger partial charge in [-0.3, -0.25) is 9.59 Å². The van der Waals surface area contributed by atoms with Gasteiger partial charge >= 0.3 is 0 Å². The predicted molar refractivity (Wildman–Crippen MR) is 124 cm³/mol. The fourth-order valence-electron chi connectivity index (χ4n) is 3.17. The lowest BCUT2D eigenvalue weighted by atomic mass is 10.1. The molecule has 0 spiro atoms. The minimum absolute atomic E-state index is 0.00278. The minimum Gasteiger partial charge on any atom is -0.311 e. The van der Waals surface area contributed by atoms with Crippen molar-refractivity contribution in [1.29, 1.82) is 0 Å². The van der Waals surface area contributed by atoms with Crippen LogP contribution in [0.1, 0.15) is 31.5 Å². The number of rotatable bonds is 10. The second kappa shape index (κ2) is 11.5. The van der Waals surface area contributed by atoms with E-state index in [1.54, 1.807) is 0 Å². The van der Waals surface area contributed by atoms with Crippen molar-refractivity contribution in [2.75, 3.05) is 37.3 Å². The molecular weight excluding hydrogens is 452 g/mol. The van der Waals surface area contributed by atoms with E-state index >= 15 is 0 Å². The largest absolute Gasteiger partial charge is 0.311 e. The van der Waals surface area contributed by atoms with Crippen LogP contribution in [-0.2, 0) is 11.2 Å². The van der Waals surface area contributed by atoms with Crippen LogP contribution in [0.15, 0.2) is 38.7 Å². The van der Waals surface area contributed by atoms with Gasteiger partial charge in [-0.1, -0.05) is 47.6 Å². The molecule has 8 heteroatoms. The third-order valence-electron chi connectivity index (χ3n) is 4.94. The number of carbonyl (C=O) groups excluding carboxylic acids is 1. The molecule has 0 aliphatic rings. The smallest absolute Gasteiger partial charge is 0.254 e. The van der Waals surface area contributed by atoms with E-state index in [1.807, 2.05) is 42.3 Å². The zero-order valence-corrected chi connectivity index (χ0v) is 19.9. The van der Waals surface area contributed by atoms with Gasteiger partial charge in [0.2, 0.25) is 5.91 Å². The fraction of sp³-hybridized carbons (Fsp3) is 0.476. The van der Waals surface area contributed by atoms with E-state index in [9.17, 15) is 9.59 Å². The average Bonchev–Trinajstić information content (AvgIpc) is 2.70. The predicted octanol–water partition coefficient (Wildman–Crippen LogP) is 3.87. The second-order valence-corrected chi connectivity index (χ2v) is 8.40. The lowest BCUT2D eigenvalue weighted by Gasteiger charge is -2.27. The van der Waals surface area contributed by atoms with E-state index in [0.29, 0.717) is 29.4 Å². The maximum atomic E-state index is 13.1. The molecule has 2 aromatic rings. The van der Waals surface area contributed by atoms with Crippen molar-refractivity contribution in [1.82, 2.24) is 14.9 Å². The van der Waals surface area contributed by atoms with Gasteiger partial charge in [0.1, 0.15) is 0 Å². The summed E-state index contributed by atoms with van der Waals surface area (Å²) in [5.74, 6) is 0.00278. The average molecular weight is 481 g/mol. The van der Waals surface area contributed by atoms with Crippen molar-refractivity contribution in [2.45, 2.75) is 38.8 Å². The van der Waals surface area contributed by atoms with Crippen molar-refractivity contribution in [2.24, 2.45) is 0 Å². The summed E-state index contributed by atoms with van der Waals surface area (Å²) in [4.78, 5) is 36.8. The van der Waals surface area contributed by atoms with Crippen LogP contribution in [0.25, 0.3) is 0 Å². The number of nitrogens with zero attached hydrogens (tertiary/aromatic N) is 3. The third-order valence-corrected chi connectivity index (χ3v) is 6.01. The van der Waals surface area contributed by atoms with E-state index in [0.717, 1.165) is 29.8 Å². The van der Waals surface area contributed by atoms with Gasteiger partial charge in [-0.25, -0.2) is 4.98 Å². The van der Waals surface area contributed by atoms with Gasteiger partial charge in [0, 0.05) is 40.9 Å². The molecule has 1 heterocycles. The van der Waals surface area contributed by atoms with E-state index in [2.05, 4.69) is 44.6 Å². The normalized spacial score (nSPS) is 11.1. The summed E-state index contributed by atoms with van der Waals surface area (Å²) in [5, 5.41) is 0.595. The molecular formula is C21H29BrN4O2S. The van der Waals surface area contributed by atoms with Gasteiger partial charge < -0.3 is 14.8 Å². The SMILES string of the molecule is CCN(CC)CCN(C(=O)CCc1c(C)nc(SC)[nH]c1=O)c1cccc(Br)c1. The summed E-state index contributed by atoms with van der Waals surface area (Å²) < 4.78 is 0.930. The van der Waals surface area contributed by atoms with Gasteiger partial charge in [0.05, 0.1) is 0 Å². The zero-order valence-electron chi connectivity index (χ0n) is 17.5. The number of aromatic nitrogens is 2. The maximum Gasteiger partial charge on any atom is 0.254 e. The molecule has 1 N–H and O–H groups in total. The fourth-order valence-corrected chi connectivity index (χ4v) is 3.98. The van der Waals surface area contributed by atoms with E-state index in [-0.39, 0.29) is 17.9 Å². The number of H-pyrrole nitrogens is 1. The molecule has 0 saturated carbocycles. The summed E-state index contributed by atoms with van der Waals surface area (Å²) >= 11 is 4.89. The summed E-state index contributed by atoms with van der Waals surface area (Å²) in [6.45, 7) is 9.36. The van der Waals surface area contributed by atoms with Crippen LogP contribution >= 0.6 is 27.7 Å². The molecule has 0 aliphatic carbocycles. The first-order valence-corrected chi connectivity index (χ1v) is 11.8. The van der Waals surface area contributed by atoms with Crippen LogP contribution in [0.4, 0.5) is 5.69 Å². The highest BCUT2D eigenvalue weighted by atomic mass is 79.9. The zero-order chi connectivity index (χ0) is 21.4. The Morgan fingerprint density at radius 2 is 1.97 bits per heavy atom. The van der Waals surface area contributed by atoms with Gasteiger partial charge in [-0.15, -0.1) is 0 Å². The Morgan fingerprint density at radius 1 is 1.24 bits per heavy atom. The first kappa shape index (κ1) is 23.6. The van der Waals surface area contributed by atoms with Crippen molar-refractivity contribution in [3.05, 3.63) is 50.3 Å². The number of amides is 1. The Morgan fingerprint density at radius 3 is 2.55 bits per heavy atom. The summed E-state index contributed by atoms with van der Waals surface area (Å²) in [6, 6.07) is 7.76. The van der Waals surface area contributed by atoms with Gasteiger partial charge in [-0.05, 0) is 50.9 Å². The molecule has 6 nitrogen and oxygen atoms in total. The van der Waals surface area contributed by atoms with Gasteiger partial charge in [0.15, 0.2) is 5.16 Å². The number of hydrogen-bond acceptors (Lipinski definition) is 5. The van der Waals surface area contributed by atoms with Crippen molar-refractivity contribution < 1.29 is 4.79 Å². The van der Waals surface area contributed by atoms with E-state index in [1.165, 1.54) is 11.8 Å². The van der Waals surface area contributed by atoms with Crippen molar-refractivity contribution in [3.8, 4) is 0 Å². The standard InChI is InChI=1S/C21H29BrN4O2S/c1-5-25(6-2)12-13-26(17-9-7-8-16(22)14-17)19(27)11-10-18-15(3)23-21(29-4)24-20(18)28/h7-9,14H,5-6,10-13H2,1-4H3,(H,23,24,28). The first-order valence-electron chi connectivity index (χ1n) is 9.81. The number of thioether (sulfide) groups is 1. The monoisotopic (exact) mass is 480 g/mol. The highest BCUT2D eigenvalue weighted by molar-refractivity contribution is 9.10. The highest BCUT2D eigenvalue weighted by Crippen LogP contribution is 2.21. The lowest BCUT2D eigenvalue weighted by Crippen LogP contribution is -2.39. The molecule has 1 amide bonds. The molecule has 0 atom stereocenters. The number of likely N-dealkylation sites (N-methyl/N-ethyl adjacent to an activating group) is 1. The summed E-state index contributed by atoms with van der Waals surface area (Å²) in [7, 11) is 0. The number of anilines is 1. The molecule has 0 unspecified atom stereocenters. The Balaban J connectivity index is 2.18. The number of aromatic amines is 1. The molecule has 1 aromatic heterocycles. The van der Waals surface area contributed by atoms with Crippen molar-refractivity contribution in [3.63, 3.8) is 0 Å². The van der Waals surface area contributed by atoms with Crippen LogP contribution in [0.2, 0.25) is 0 Å². The maximum absolute atomic E-state index is 13.1. The van der Waals surface area contributed by atoms with Crippen LogP contribution < -0.4 is 10.5 Å². The topological polar surface area (TPSA) is 69.3 Å². The van der Waals surface area contributed by atoms with Gasteiger partial charge in [0.25, 0.3) is 5.56 Å². The lowest BCUT2D eigenvalue weighted by molar-refractivity contribution is -0.118. The number of benzene rings is 1. The molecule has 29 heavy (non-hydrogen) atoms. The summed E-state index contributed by atoms with van der Waals surface area (Å²) in [5.41, 5.74) is 1.96. The number of hydrogen-bond donors (Lipinski definition) is 1. The number of carbonyl (C=O) groups is 1. The van der Waals surface area contributed by atoms with Gasteiger partial charge in [-0.2, -0.15) is 0 Å². The Hall–Kier alpha value is -1.64. The number of nitrogens with one attached hydrogen (secondary N) is 1. The molecule has 0 radical (unpaired) electrons. The molecule has 0 fully saturated rings. The Labute approximate surface area is 185 Å². The number of aryl methyl sites for hydroxylation is 1. The quantitative estimate of drug-likeness (QED) is 0.412. The van der Waals surface area contributed by atoms with Crippen LogP contribution in [0.5, 0.6) is 0 Å². The Bertz CT molecular complexity index is 883. The molecule has 158 valence electrons. The number of halogens is 1. The third kappa shape index (κ3) is 6.69. The van der Waals surface area contributed by atoms with Crippen molar-refractivity contribution >= 4 is 39.3 Å². The van der Waals surface area contributed by atoms with Crippen LogP contribution in [-0.4, -0.2) is 53.2 Å². The molecule has 0 saturated heterocycles. The molecule has 2 rings (SSSR count). The Kier molecular flexibility index (Phi) is 9.39. The molecule has 1 aromatic carbocycles. The van der Waals surface area contributed by atoms with Crippen LogP contribution in [0, 0.1) is 6.92 Å². The minimum atomic E-state index is -0.160. The summed E-state index contributed by atoms with van der Waals surface area (Å²) in [6.07, 6.45) is 2.50. The molecule has 0 aliphatic heterocycles. The molecule has 0 bridgehead atoms.